The molecule has 0 amide bonds. The molecule has 0 radical (unpaired) electrons. The lowest BCUT2D eigenvalue weighted by Crippen LogP contribution is -2.30. The van der Waals surface area contributed by atoms with Crippen LogP contribution in [0.15, 0.2) is 22.4 Å². The Labute approximate surface area is 182 Å². The van der Waals surface area contributed by atoms with Crippen LogP contribution in [-0.4, -0.2) is 53.2 Å². The van der Waals surface area contributed by atoms with Crippen molar-refractivity contribution < 1.29 is 22.7 Å². The topological polar surface area (TPSA) is 84.9 Å². The van der Waals surface area contributed by atoms with Gasteiger partial charge in [0, 0.05) is 38.2 Å². The van der Waals surface area contributed by atoms with E-state index in [-0.39, 0.29) is 22.9 Å². The summed E-state index contributed by atoms with van der Waals surface area (Å²) in [5.74, 6) is -0.609. The zero-order valence-electron chi connectivity index (χ0n) is 17.8. The number of thiophene rings is 1. The second-order valence-electron chi connectivity index (χ2n) is 7.44. The van der Waals surface area contributed by atoms with E-state index in [1.807, 2.05) is 0 Å². The summed E-state index contributed by atoms with van der Waals surface area (Å²) in [5.41, 5.74) is 4.69. The van der Waals surface area contributed by atoms with Gasteiger partial charge in [0.05, 0.1) is 19.3 Å². The molecule has 0 bridgehead atoms. The Balaban J connectivity index is 1.89. The van der Waals surface area contributed by atoms with Gasteiger partial charge in [0.2, 0.25) is 0 Å². The van der Waals surface area contributed by atoms with E-state index >= 15 is 0 Å². The van der Waals surface area contributed by atoms with Gasteiger partial charge in [0.25, 0.3) is 10.0 Å². The van der Waals surface area contributed by atoms with Crippen molar-refractivity contribution in [3.05, 3.63) is 50.9 Å². The van der Waals surface area contributed by atoms with E-state index in [0.29, 0.717) is 13.0 Å². The maximum absolute atomic E-state index is 12.8. The van der Waals surface area contributed by atoms with Crippen molar-refractivity contribution in [2.75, 3.05) is 33.9 Å². The summed E-state index contributed by atoms with van der Waals surface area (Å²) >= 11 is 1.16. The molecule has 0 saturated carbocycles. The first kappa shape index (κ1) is 22.9. The number of fused-ring (bicyclic) bond motifs is 1. The van der Waals surface area contributed by atoms with Gasteiger partial charge >= 0.3 is 5.97 Å². The molecule has 0 atom stereocenters. The lowest BCUT2D eigenvalue weighted by molar-refractivity contribution is 0.0595. The number of esters is 1. The Morgan fingerprint density at radius 3 is 2.70 bits per heavy atom. The highest BCUT2D eigenvalue weighted by Gasteiger charge is 2.33. The van der Waals surface area contributed by atoms with E-state index < -0.39 is 16.0 Å². The van der Waals surface area contributed by atoms with Crippen molar-refractivity contribution >= 4 is 27.3 Å². The van der Waals surface area contributed by atoms with E-state index in [9.17, 15) is 13.2 Å². The van der Waals surface area contributed by atoms with Crippen molar-refractivity contribution in [1.29, 1.82) is 0 Å². The summed E-state index contributed by atoms with van der Waals surface area (Å²) in [6, 6.07) is 6.42. The third-order valence-corrected chi connectivity index (χ3v) is 8.42. The quantitative estimate of drug-likeness (QED) is 0.490. The van der Waals surface area contributed by atoms with Gasteiger partial charge in [-0.05, 0) is 37.0 Å². The summed E-state index contributed by atoms with van der Waals surface area (Å²) in [4.78, 5) is 15.6. The molecule has 9 heteroatoms. The lowest BCUT2D eigenvalue weighted by atomic mass is 10.0. The zero-order valence-corrected chi connectivity index (χ0v) is 19.4. The van der Waals surface area contributed by atoms with Gasteiger partial charge in [0.1, 0.15) is 4.21 Å². The molecule has 0 spiro atoms. The van der Waals surface area contributed by atoms with Crippen molar-refractivity contribution in [2.24, 2.45) is 0 Å². The molecule has 1 aliphatic heterocycles. The predicted octanol–water partition coefficient (Wildman–Crippen LogP) is 2.63. The summed E-state index contributed by atoms with van der Waals surface area (Å²) in [6.07, 6.45) is 0.606. The number of carbonyl (C=O) groups is 1. The maximum Gasteiger partial charge on any atom is 0.340 e. The number of methoxy groups -OCH3 is 2. The fourth-order valence-corrected chi connectivity index (χ4v) is 6.65. The van der Waals surface area contributed by atoms with E-state index in [2.05, 4.69) is 41.7 Å². The minimum Gasteiger partial charge on any atom is -0.465 e. The van der Waals surface area contributed by atoms with Gasteiger partial charge in [-0.3, -0.25) is 4.90 Å². The Morgan fingerprint density at radius 1 is 1.27 bits per heavy atom. The number of benzene rings is 1. The fourth-order valence-electron chi connectivity index (χ4n) is 3.67. The molecular formula is C21H28N2O5S2. The summed E-state index contributed by atoms with van der Waals surface area (Å²) in [5, 5.41) is 0. The third-order valence-electron chi connectivity index (χ3n) is 5.23. The van der Waals surface area contributed by atoms with Crippen LogP contribution >= 0.6 is 11.3 Å². The van der Waals surface area contributed by atoms with Crippen LogP contribution in [0.2, 0.25) is 0 Å². The summed E-state index contributed by atoms with van der Waals surface area (Å²) in [7, 11) is -1.05. The van der Waals surface area contributed by atoms with E-state index in [1.165, 1.54) is 30.9 Å². The average molecular weight is 453 g/mol. The number of rotatable bonds is 8. The molecule has 3 rings (SSSR count). The zero-order chi connectivity index (χ0) is 21.9. The maximum atomic E-state index is 12.8. The first-order valence-corrected chi connectivity index (χ1v) is 12.1. The Hall–Kier alpha value is -1.78. The second-order valence-corrected chi connectivity index (χ2v) is 10.5. The highest BCUT2D eigenvalue weighted by atomic mass is 32.2. The SMILES string of the molecule is COCCNS(=O)(=O)c1sc2c(c1C(=O)OC)CCN(Cc1ccc(C)cc1C)C2. The Morgan fingerprint density at radius 2 is 2.03 bits per heavy atom. The van der Waals surface area contributed by atoms with Crippen LogP contribution in [0.3, 0.4) is 0 Å². The molecular weight excluding hydrogens is 424 g/mol. The summed E-state index contributed by atoms with van der Waals surface area (Å²) < 4.78 is 38.0. The van der Waals surface area contributed by atoms with Crippen LogP contribution in [0.5, 0.6) is 0 Å². The summed E-state index contributed by atoms with van der Waals surface area (Å²) in [6.45, 7) is 6.71. The molecule has 164 valence electrons. The number of aryl methyl sites for hydroxylation is 2. The van der Waals surface area contributed by atoms with Crippen LogP contribution < -0.4 is 4.72 Å². The molecule has 1 N–H and O–H groups in total. The van der Waals surface area contributed by atoms with E-state index in [1.54, 1.807) is 0 Å². The molecule has 7 nitrogen and oxygen atoms in total. The number of nitrogens with one attached hydrogen (secondary N) is 1. The van der Waals surface area contributed by atoms with Crippen LogP contribution in [0.25, 0.3) is 0 Å². The van der Waals surface area contributed by atoms with E-state index in [4.69, 9.17) is 9.47 Å². The van der Waals surface area contributed by atoms with Gasteiger partial charge < -0.3 is 9.47 Å². The van der Waals surface area contributed by atoms with Gasteiger partial charge in [0.15, 0.2) is 0 Å². The molecule has 2 heterocycles. The molecule has 0 fully saturated rings. The lowest BCUT2D eigenvalue weighted by Gasteiger charge is -2.27. The Bertz CT molecular complexity index is 1030. The molecule has 30 heavy (non-hydrogen) atoms. The fraction of sp³-hybridized carbons (Fsp3) is 0.476. The molecule has 0 saturated heterocycles. The Kier molecular flexibility index (Phi) is 7.30. The van der Waals surface area contributed by atoms with Crippen LogP contribution in [0.1, 0.15) is 37.5 Å². The highest BCUT2D eigenvalue weighted by Crippen LogP contribution is 2.37. The smallest absolute Gasteiger partial charge is 0.340 e. The molecule has 0 unspecified atom stereocenters. The standard InChI is InChI=1S/C21H28N2O5S2/c1-14-5-6-16(15(2)11-14)12-23-9-7-17-18(13-23)29-21(19(17)20(24)28-4)30(25,26)22-8-10-27-3/h5-6,11,22H,7-10,12-13H2,1-4H3. The van der Waals surface area contributed by atoms with Crippen LogP contribution in [0.4, 0.5) is 0 Å². The molecule has 0 aliphatic carbocycles. The third kappa shape index (κ3) is 4.92. The minimum atomic E-state index is -3.83. The molecule has 2 aromatic rings. The van der Waals surface area contributed by atoms with Gasteiger partial charge in [-0.15, -0.1) is 11.3 Å². The van der Waals surface area contributed by atoms with Crippen LogP contribution in [-0.2, 0) is 39.0 Å². The monoisotopic (exact) mass is 452 g/mol. The number of ether oxygens (including phenoxy) is 2. The average Bonchev–Trinajstić information content (AvgIpc) is 3.09. The number of hydrogen-bond acceptors (Lipinski definition) is 7. The first-order chi connectivity index (χ1) is 14.3. The highest BCUT2D eigenvalue weighted by molar-refractivity contribution is 7.91. The molecule has 1 aromatic carbocycles. The number of carbonyl (C=O) groups excluding carboxylic acids is 1. The van der Waals surface area contributed by atoms with Crippen molar-refractivity contribution in [3.8, 4) is 0 Å². The van der Waals surface area contributed by atoms with Gasteiger partial charge in [-0.25, -0.2) is 17.9 Å². The molecule has 1 aromatic heterocycles. The largest absolute Gasteiger partial charge is 0.465 e. The molecule has 1 aliphatic rings. The van der Waals surface area contributed by atoms with E-state index in [0.717, 1.165) is 34.9 Å². The number of nitrogens with zero attached hydrogens (tertiary/aromatic N) is 1. The van der Waals surface area contributed by atoms with Crippen molar-refractivity contribution in [1.82, 2.24) is 9.62 Å². The second kappa shape index (κ2) is 9.57. The van der Waals surface area contributed by atoms with Gasteiger partial charge in [-0.1, -0.05) is 23.8 Å². The number of sulfonamides is 1. The first-order valence-electron chi connectivity index (χ1n) is 9.76. The van der Waals surface area contributed by atoms with Gasteiger partial charge in [-0.2, -0.15) is 0 Å². The number of hydrogen-bond donors (Lipinski definition) is 1. The van der Waals surface area contributed by atoms with Crippen LogP contribution in [0, 0.1) is 13.8 Å². The predicted molar refractivity (Wildman–Crippen MR) is 116 cm³/mol. The van der Waals surface area contributed by atoms with Crippen molar-refractivity contribution in [2.45, 2.75) is 37.6 Å². The normalized spacial score (nSPS) is 14.5. The minimum absolute atomic E-state index is 0.0313. The van der Waals surface area contributed by atoms with Crippen molar-refractivity contribution in [3.63, 3.8) is 0 Å².